The van der Waals surface area contributed by atoms with Crippen molar-refractivity contribution < 1.29 is 17.7 Å². The van der Waals surface area contributed by atoms with E-state index < -0.39 is 21.3 Å². The Hall–Kier alpha value is -1.57. The molecule has 2 amide bonds. The lowest BCUT2D eigenvalue weighted by Gasteiger charge is -2.05. The van der Waals surface area contributed by atoms with E-state index in [1.165, 1.54) is 6.26 Å². The zero-order valence-electron chi connectivity index (χ0n) is 8.56. The molecule has 1 heterocycles. The van der Waals surface area contributed by atoms with Gasteiger partial charge in [-0.15, -0.1) is 0 Å². The first-order valence-electron chi connectivity index (χ1n) is 4.72. The van der Waals surface area contributed by atoms with E-state index in [1.54, 1.807) is 6.92 Å². The first-order valence-corrected chi connectivity index (χ1v) is 6.27. The topological polar surface area (TPSA) is 101 Å². The van der Waals surface area contributed by atoms with E-state index >= 15 is 0 Å². The van der Waals surface area contributed by atoms with Crippen LogP contribution in [0.25, 0.3) is 0 Å². The summed E-state index contributed by atoms with van der Waals surface area (Å²) in [6.07, 6.45) is 2.45. The number of sulfonamides is 1. The van der Waals surface area contributed by atoms with Gasteiger partial charge >= 0.3 is 6.03 Å². The van der Waals surface area contributed by atoms with Gasteiger partial charge in [-0.1, -0.05) is 5.16 Å². The van der Waals surface area contributed by atoms with Gasteiger partial charge in [-0.3, -0.25) is 0 Å². The highest BCUT2D eigenvalue weighted by Gasteiger charge is 2.36. The summed E-state index contributed by atoms with van der Waals surface area (Å²) in [6.45, 7) is 1.63. The number of amides is 2. The van der Waals surface area contributed by atoms with Gasteiger partial charge in [-0.2, -0.15) is 0 Å². The number of hydrogen-bond acceptors (Lipinski definition) is 5. The molecule has 7 nitrogen and oxygen atoms in total. The predicted octanol–water partition coefficient (Wildman–Crippen LogP) is 0.597. The van der Waals surface area contributed by atoms with E-state index in [0.717, 1.165) is 0 Å². The average molecular weight is 245 g/mol. The van der Waals surface area contributed by atoms with Gasteiger partial charge in [0.05, 0.1) is 5.25 Å². The SMILES string of the molecule is Cc1nocc1NC(=O)NS(=O)(=O)C1CC1. The molecule has 0 aromatic carbocycles. The summed E-state index contributed by atoms with van der Waals surface area (Å²) in [5.74, 6) is 0. The number of carbonyl (C=O) groups excluding carboxylic acids is 1. The fraction of sp³-hybridized carbons (Fsp3) is 0.500. The molecule has 1 fully saturated rings. The molecule has 2 rings (SSSR count). The molecule has 0 saturated heterocycles. The van der Waals surface area contributed by atoms with Crippen LogP contribution in [0.1, 0.15) is 18.5 Å². The highest BCUT2D eigenvalue weighted by molar-refractivity contribution is 7.90. The first kappa shape index (κ1) is 10.9. The van der Waals surface area contributed by atoms with Gasteiger partial charge in [0.1, 0.15) is 17.6 Å². The molecule has 1 aromatic heterocycles. The minimum atomic E-state index is -3.52. The maximum absolute atomic E-state index is 11.4. The zero-order valence-corrected chi connectivity index (χ0v) is 9.37. The van der Waals surface area contributed by atoms with Crippen LogP contribution < -0.4 is 10.0 Å². The van der Waals surface area contributed by atoms with Crippen molar-refractivity contribution in [1.82, 2.24) is 9.88 Å². The minimum absolute atomic E-state index is 0.350. The van der Waals surface area contributed by atoms with Crippen molar-refractivity contribution in [3.63, 3.8) is 0 Å². The molecule has 0 atom stereocenters. The molecule has 0 unspecified atom stereocenters. The van der Waals surface area contributed by atoms with Crippen LogP contribution in [0, 0.1) is 6.92 Å². The van der Waals surface area contributed by atoms with E-state index in [9.17, 15) is 13.2 Å². The Morgan fingerprint density at radius 1 is 1.56 bits per heavy atom. The lowest BCUT2D eigenvalue weighted by Crippen LogP contribution is -2.36. The maximum Gasteiger partial charge on any atom is 0.333 e. The van der Waals surface area contributed by atoms with Crippen molar-refractivity contribution in [1.29, 1.82) is 0 Å². The fourth-order valence-electron chi connectivity index (χ4n) is 1.15. The second-order valence-corrected chi connectivity index (χ2v) is 5.57. The molecule has 1 aromatic rings. The Morgan fingerprint density at radius 2 is 2.25 bits per heavy atom. The second-order valence-electron chi connectivity index (χ2n) is 3.61. The van der Waals surface area contributed by atoms with E-state index in [4.69, 9.17) is 0 Å². The summed E-state index contributed by atoms with van der Waals surface area (Å²) < 4.78 is 29.3. The number of carbonyl (C=O) groups is 1. The molecule has 16 heavy (non-hydrogen) atoms. The number of aryl methyl sites for hydroxylation is 1. The number of urea groups is 1. The molecule has 1 saturated carbocycles. The highest BCUT2D eigenvalue weighted by Crippen LogP contribution is 2.27. The van der Waals surface area contributed by atoms with Crippen LogP contribution in [0.5, 0.6) is 0 Å². The zero-order chi connectivity index (χ0) is 11.8. The van der Waals surface area contributed by atoms with Crippen LogP contribution in [0.15, 0.2) is 10.8 Å². The molecule has 2 N–H and O–H groups in total. The van der Waals surface area contributed by atoms with Crippen molar-refractivity contribution in [2.45, 2.75) is 25.0 Å². The van der Waals surface area contributed by atoms with Gasteiger partial charge in [0.25, 0.3) is 0 Å². The van der Waals surface area contributed by atoms with E-state index in [2.05, 4.69) is 15.0 Å². The summed E-state index contributed by atoms with van der Waals surface area (Å²) in [5, 5.41) is 5.46. The smallest absolute Gasteiger partial charge is 0.333 e. The van der Waals surface area contributed by atoms with Gasteiger partial charge in [0, 0.05) is 0 Å². The van der Waals surface area contributed by atoms with Crippen LogP contribution in [0.4, 0.5) is 10.5 Å². The van der Waals surface area contributed by atoms with Gasteiger partial charge < -0.3 is 9.84 Å². The van der Waals surface area contributed by atoms with Gasteiger partial charge in [0.15, 0.2) is 0 Å². The number of aromatic nitrogens is 1. The standard InChI is InChI=1S/C8H11N3O4S/c1-5-7(4-15-10-5)9-8(12)11-16(13,14)6-2-3-6/h4,6H,2-3H2,1H3,(H2,9,11,12). The Kier molecular flexibility index (Phi) is 2.58. The van der Waals surface area contributed by atoms with Crippen molar-refractivity contribution in [3.05, 3.63) is 12.0 Å². The van der Waals surface area contributed by atoms with Gasteiger partial charge in [-0.05, 0) is 19.8 Å². The van der Waals surface area contributed by atoms with Crippen molar-refractivity contribution in [3.8, 4) is 0 Å². The van der Waals surface area contributed by atoms with E-state index in [1.807, 2.05) is 4.72 Å². The summed E-state index contributed by atoms with van der Waals surface area (Å²) in [5.41, 5.74) is 0.836. The molecule has 1 aliphatic rings. The lowest BCUT2D eigenvalue weighted by molar-refractivity contribution is 0.256. The normalized spacial score (nSPS) is 15.8. The predicted molar refractivity (Wildman–Crippen MR) is 55.3 cm³/mol. The number of nitrogens with zero attached hydrogens (tertiary/aromatic N) is 1. The monoisotopic (exact) mass is 245 g/mol. The summed E-state index contributed by atoms with van der Waals surface area (Å²) >= 11 is 0. The lowest BCUT2D eigenvalue weighted by atomic mass is 10.4. The van der Waals surface area contributed by atoms with Crippen LogP contribution in [-0.4, -0.2) is 24.9 Å². The number of anilines is 1. The maximum atomic E-state index is 11.4. The Morgan fingerprint density at radius 3 is 2.75 bits per heavy atom. The highest BCUT2D eigenvalue weighted by atomic mass is 32.2. The van der Waals surface area contributed by atoms with Crippen molar-refractivity contribution in [2.24, 2.45) is 0 Å². The minimum Gasteiger partial charge on any atom is -0.362 e. The quantitative estimate of drug-likeness (QED) is 0.811. The van der Waals surface area contributed by atoms with Crippen LogP contribution in [0.2, 0.25) is 0 Å². The van der Waals surface area contributed by atoms with Crippen molar-refractivity contribution >= 4 is 21.7 Å². The molecule has 0 aliphatic heterocycles. The summed E-state index contributed by atoms with van der Waals surface area (Å²) in [7, 11) is -3.52. The Labute approximate surface area is 92.2 Å². The summed E-state index contributed by atoms with van der Waals surface area (Å²) in [4.78, 5) is 11.3. The molecule has 1 aliphatic carbocycles. The molecule has 8 heteroatoms. The second kappa shape index (κ2) is 3.78. The van der Waals surface area contributed by atoms with E-state index in [-0.39, 0.29) is 0 Å². The average Bonchev–Trinajstić information content (AvgIpc) is 2.94. The Bertz CT molecular complexity index is 503. The van der Waals surface area contributed by atoms with Crippen LogP contribution in [0.3, 0.4) is 0 Å². The fourth-order valence-corrected chi connectivity index (χ4v) is 2.38. The number of nitrogens with one attached hydrogen (secondary N) is 2. The van der Waals surface area contributed by atoms with Crippen LogP contribution in [-0.2, 0) is 10.0 Å². The van der Waals surface area contributed by atoms with Crippen LogP contribution >= 0.6 is 0 Å². The third-order valence-electron chi connectivity index (χ3n) is 2.20. The molecule has 0 radical (unpaired) electrons. The third kappa shape index (κ3) is 2.32. The van der Waals surface area contributed by atoms with Crippen molar-refractivity contribution in [2.75, 3.05) is 5.32 Å². The third-order valence-corrected chi connectivity index (χ3v) is 4.02. The molecular formula is C8H11N3O4S. The largest absolute Gasteiger partial charge is 0.362 e. The van der Waals surface area contributed by atoms with Gasteiger partial charge in [0.2, 0.25) is 10.0 Å². The molecular weight excluding hydrogens is 234 g/mol. The molecule has 88 valence electrons. The summed E-state index contributed by atoms with van der Waals surface area (Å²) in [6, 6.07) is -0.793. The van der Waals surface area contributed by atoms with Gasteiger partial charge in [-0.25, -0.2) is 17.9 Å². The number of hydrogen-bond donors (Lipinski definition) is 2. The number of rotatable bonds is 3. The molecule has 0 bridgehead atoms. The van der Waals surface area contributed by atoms with E-state index in [0.29, 0.717) is 24.2 Å². The Balaban J connectivity index is 1.97. The first-order chi connectivity index (χ1) is 7.49. The molecule has 0 spiro atoms.